The van der Waals surface area contributed by atoms with Gasteiger partial charge in [0.25, 0.3) is 0 Å². The Labute approximate surface area is 222 Å². The van der Waals surface area contributed by atoms with Gasteiger partial charge in [-0.2, -0.15) is 0 Å². The molecule has 0 unspecified atom stereocenters. The van der Waals surface area contributed by atoms with E-state index in [9.17, 15) is 24.0 Å². The van der Waals surface area contributed by atoms with Gasteiger partial charge in [0.05, 0.1) is 60.5 Å². The predicted molar refractivity (Wildman–Crippen MR) is 149 cm³/mol. The maximum atomic E-state index is 13.2. The second-order valence-electron chi connectivity index (χ2n) is 11.6. The van der Waals surface area contributed by atoms with Gasteiger partial charge in [-0.15, -0.1) is 0 Å². The number of hydrogen-bond acceptors (Lipinski definition) is 5. The molecule has 5 N–H and O–H groups in total. The largest absolute Gasteiger partial charge is 0.325 e. The molecule has 0 aromatic heterocycles. The van der Waals surface area contributed by atoms with Crippen molar-refractivity contribution < 1.29 is 24.0 Å². The van der Waals surface area contributed by atoms with Gasteiger partial charge in [-0.3, -0.25) is 24.0 Å². The van der Waals surface area contributed by atoms with Gasteiger partial charge in [-0.1, -0.05) is 0 Å². The number of benzene rings is 5. The Morgan fingerprint density at radius 1 is 0.275 bits per heavy atom. The van der Waals surface area contributed by atoms with Crippen molar-refractivity contribution in [3.63, 3.8) is 0 Å². The minimum absolute atomic E-state index is 0.0857. The van der Waals surface area contributed by atoms with E-state index in [0.29, 0.717) is 28.4 Å². The monoisotopic (exact) mass is 525 g/mol. The SMILES string of the molecule is O=C1Cc2c3c4c(c5c6c(c7c8c(c9c%10c(c(c2c2c4c6c8c%102)N1)CC(=O)N9)CC(=O)N7)CC(=O)N5)CC(=O)N3. The summed E-state index contributed by atoms with van der Waals surface area (Å²) in [6.07, 6.45) is 0.428. The van der Waals surface area contributed by atoms with E-state index in [4.69, 9.17) is 0 Å². The van der Waals surface area contributed by atoms with Gasteiger partial charge in [-0.05, 0) is 27.8 Å². The first-order chi connectivity index (χ1) is 19.4. The summed E-state index contributed by atoms with van der Waals surface area (Å²) in [4.78, 5) is 65.8. The highest BCUT2D eigenvalue weighted by Crippen LogP contribution is 2.63. The second-order valence-corrected chi connectivity index (χ2v) is 11.6. The molecule has 10 heteroatoms. The summed E-state index contributed by atoms with van der Waals surface area (Å²) < 4.78 is 0. The number of amides is 5. The molecule has 40 heavy (non-hydrogen) atoms. The van der Waals surface area contributed by atoms with Crippen LogP contribution in [-0.4, -0.2) is 29.5 Å². The molecule has 6 aromatic rings. The van der Waals surface area contributed by atoms with E-state index in [1.807, 2.05) is 0 Å². The van der Waals surface area contributed by atoms with Gasteiger partial charge in [0, 0.05) is 53.9 Å². The fourth-order valence-corrected chi connectivity index (χ4v) is 8.68. The van der Waals surface area contributed by atoms with E-state index in [1.54, 1.807) is 0 Å². The lowest BCUT2D eigenvalue weighted by Crippen LogP contribution is -2.28. The molecule has 5 heterocycles. The van der Waals surface area contributed by atoms with E-state index < -0.39 is 0 Å². The average molecular weight is 525 g/mol. The van der Waals surface area contributed by atoms with Crippen LogP contribution in [0.3, 0.4) is 0 Å². The molecular formula is C30H15N5O5. The van der Waals surface area contributed by atoms with Crippen molar-refractivity contribution in [2.24, 2.45) is 0 Å². The van der Waals surface area contributed by atoms with Crippen molar-refractivity contribution in [3.8, 4) is 0 Å². The van der Waals surface area contributed by atoms with Crippen LogP contribution in [-0.2, 0) is 56.1 Å². The number of fused-ring (bicyclic) bond motifs is 5. The third-order valence-corrected chi connectivity index (χ3v) is 9.78. The second kappa shape index (κ2) is 5.69. The quantitative estimate of drug-likeness (QED) is 0.193. The Morgan fingerprint density at radius 3 is 0.625 bits per heavy atom. The number of rotatable bonds is 0. The summed E-state index contributed by atoms with van der Waals surface area (Å²) in [6.45, 7) is 0. The maximum absolute atomic E-state index is 13.2. The van der Waals surface area contributed by atoms with Crippen LogP contribution >= 0.6 is 0 Å². The van der Waals surface area contributed by atoms with E-state index in [0.717, 1.165) is 81.7 Å². The van der Waals surface area contributed by atoms with E-state index in [-0.39, 0.29) is 61.6 Å². The van der Waals surface area contributed by atoms with Gasteiger partial charge < -0.3 is 26.6 Å². The van der Waals surface area contributed by atoms with Crippen LogP contribution < -0.4 is 26.6 Å². The lowest BCUT2D eigenvalue weighted by Gasteiger charge is -2.31. The number of hydrogen-bond donors (Lipinski definition) is 5. The summed E-state index contributed by atoms with van der Waals surface area (Å²) in [5, 5.41) is 24.7. The smallest absolute Gasteiger partial charge is 0.228 e. The zero-order valence-electron chi connectivity index (χ0n) is 20.6. The van der Waals surface area contributed by atoms with Gasteiger partial charge in [0.15, 0.2) is 0 Å². The number of anilines is 5. The Kier molecular flexibility index (Phi) is 2.81. The van der Waals surface area contributed by atoms with Crippen molar-refractivity contribution in [1.29, 1.82) is 0 Å². The highest BCUT2D eigenvalue weighted by molar-refractivity contribution is 6.53. The average Bonchev–Trinajstić information content (AvgIpc) is 3.27. The van der Waals surface area contributed by atoms with Gasteiger partial charge in [-0.25, -0.2) is 0 Å². The minimum Gasteiger partial charge on any atom is -0.325 e. The highest BCUT2D eigenvalue weighted by Gasteiger charge is 2.42. The summed E-state index contributed by atoms with van der Waals surface area (Å²) in [6, 6.07) is 0. The molecule has 0 bridgehead atoms. The molecule has 0 fully saturated rings. The van der Waals surface area contributed by atoms with Gasteiger partial charge >= 0.3 is 0 Å². The fourth-order valence-electron chi connectivity index (χ4n) is 8.68. The molecule has 0 saturated carbocycles. The molecule has 6 aromatic carbocycles. The molecule has 5 aliphatic heterocycles. The molecule has 0 saturated heterocycles. The van der Waals surface area contributed by atoms with Crippen LogP contribution in [0.1, 0.15) is 27.8 Å². The minimum atomic E-state index is -0.215. The van der Waals surface area contributed by atoms with Crippen LogP contribution in [0.2, 0.25) is 0 Å². The fraction of sp³-hybridized carbons (Fsp3) is 0.167. The normalized spacial score (nSPS) is 18.8. The zero-order chi connectivity index (χ0) is 26.5. The van der Waals surface area contributed by atoms with Crippen molar-refractivity contribution in [2.45, 2.75) is 32.1 Å². The van der Waals surface area contributed by atoms with Crippen LogP contribution in [0.15, 0.2) is 0 Å². The standard InChI is InChI=1S/C30H15N5O5/c36-11-1-6-16-21-22-17-7(2-12(37)32-26(6)17)28-19-9(4-14(39)33-28)30-20-10(5-15(40)35-30)29-18(23(21)25(20)24(19)22)8(27(16)31-11)3-13(38)34-29/h1-5H2,(H,31,36)(H,32,37)(H,33,39)(H,34,38)(H,35,40). The third kappa shape index (κ3) is 1.82. The maximum Gasteiger partial charge on any atom is 0.228 e. The molecular weight excluding hydrogens is 510 g/mol. The Morgan fingerprint density at radius 2 is 0.450 bits per heavy atom. The van der Waals surface area contributed by atoms with Crippen molar-refractivity contribution >= 4 is 112 Å². The van der Waals surface area contributed by atoms with Crippen molar-refractivity contribution in [3.05, 3.63) is 27.8 Å². The molecule has 0 radical (unpaired) electrons. The summed E-state index contributed by atoms with van der Waals surface area (Å²) in [5.74, 6) is -1.08. The third-order valence-electron chi connectivity index (χ3n) is 9.78. The number of nitrogens with one attached hydrogen (secondary N) is 5. The summed E-state index contributed by atoms with van der Waals surface area (Å²) >= 11 is 0. The molecule has 190 valence electrons. The summed E-state index contributed by atoms with van der Waals surface area (Å²) in [7, 11) is 0. The first kappa shape index (κ1) is 19.8. The molecule has 0 aliphatic carbocycles. The molecule has 0 atom stereocenters. The predicted octanol–water partition coefficient (Wildman–Crippen LogP) is 3.24. The number of carbonyl (C=O) groups is 5. The van der Waals surface area contributed by atoms with E-state index >= 15 is 0 Å². The Bertz CT molecular complexity index is 1900. The van der Waals surface area contributed by atoms with Crippen molar-refractivity contribution in [2.75, 3.05) is 26.6 Å². The van der Waals surface area contributed by atoms with E-state index in [2.05, 4.69) is 26.6 Å². The van der Waals surface area contributed by atoms with Crippen LogP contribution in [0.25, 0.3) is 53.9 Å². The van der Waals surface area contributed by atoms with Crippen molar-refractivity contribution in [1.82, 2.24) is 0 Å². The molecule has 10 nitrogen and oxygen atoms in total. The zero-order valence-corrected chi connectivity index (χ0v) is 20.6. The first-order valence-electron chi connectivity index (χ1n) is 13.3. The Balaban J connectivity index is 1.58. The van der Waals surface area contributed by atoms with Gasteiger partial charge in [0.1, 0.15) is 0 Å². The first-order valence-corrected chi connectivity index (χ1v) is 13.3. The molecule has 5 amide bonds. The van der Waals surface area contributed by atoms with Crippen LogP contribution in [0.4, 0.5) is 28.4 Å². The molecule has 0 spiro atoms. The van der Waals surface area contributed by atoms with Gasteiger partial charge in [0.2, 0.25) is 29.5 Å². The number of carbonyl (C=O) groups excluding carboxylic acids is 5. The molecule has 5 aliphatic rings. The van der Waals surface area contributed by atoms with Crippen LogP contribution in [0, 0.1) is 0 Å². The highest BCUT2D eigenvalue weighted by atomic mass is 16.2. The lowest BCUT2D eigenvalue weighted by molar-refractivity contribution is -0.116. The van der Waals surface area contributed by atoms with Crippen LogP contribution in [0.5, 0.6) is 0 Å². The Hall–Kier alpha value is -5.25. The topological polar surface area (TPSA) is 146 Å². The summed E-state index contributed by atoms with van der Waals surface area (Å²) in [5.41, 5.74) is 6.75. The molecule has 11 rings (SSSR count). The lowest BCUT2D eigenvalue weighted by atomic mass is 9.81. The van der Waals surface area contributed by atoms with E-state index in [1.165, 1.54) is 0 Å².